The fourth-order valence-corrected chi connectivity index (χ4v) is 3.66. The number of fused-ring (bicyclic) bond motifs is 1. The van der Waals surface area contributed by atoms with Gasteiger partial charge in [0, 0.05) is 31.0 Å². The number of aryl methyl sites for hydroxylation is 1. The first-order valence-electron chi connectivity index (χ1n) is 7.79. The molecule has 3 aromatic rings. The van der Waals surface area contributed by atoms with Gasteiger partial charge in [-0.15, -0.1) is 10.2 Å². The summed E-state index contributed by atoms with van der Waals surface area (Å²) in [4.78, 5) is 6.43. The Balaban J connectivity index is 1.44. The van der Waals surface area contributed by atoms with E-state index in [2.05, 4.69) is 29.2 Å². The normalized spacial score (nSPS) is 14.7. The smallest absolute Gasteiger partial charge is 0.193 e. The zero-order chi connectivity index (χ0) is 16.4. The molecule has 0 N–H and O–H groups in total. The summed E-state index contributed by atoms with van der Waals surface area (Å²) in [6.45, 7) is 2.71. The average molecular weight is 344 g/mol. The molecule has 6 nitrogen and oxygen atoms in total. The fraction of sp³-hybridized carbons (Fsp3) is 0.312. The summed E-state index contributed by atoms with van der Waals surface area (Å²) < 4.78 is 17.3. The van der Waals surface area contributed by atoms with Gasteiger partial charge in [0.25, 0.3) is 0 Å². The van der Waals surface area contributed by atoms with Gasteiger partial charge in [-0.2, -0.15) is 0 Å². The number of thioether (sulfide) groups is 1. The number of imidazole rings is 1. The van der Waals surface area contributed by atoms with Gasteiger partial charge in [0.1, 0.15) is 5.82 Å². The predicted molar refractivity (Wildman–Crippen MR) is 89.7 cm³/mol. The quantitative estimate of drug-likeness (QED) is 0.712. The maximum atomic E-state index is 13.1. The van der Waals surface area contributed by atoms with Crippen LogP contribution in [0.1, 0.15) is 6.42 Å². The SMILES string of the molecule is Fc1ccc(-c2nnc3n2CN(CCCn2ccnc2)CS3)cc1. The summed E-state index contributed by atoms with van der Waals surface area (Å²) >= 11 is 1.69. The van der Waals surface area contributed by atoms with Crippen LogP contribution in [0.5, 0.6) is 0 Å². The molecule has 0 aliphatic carbocycles. The molecule has 2 aromatic heterocycles. The van der Waals surface area contributed by atoms with Gasteiger partial charge in [-0.1, -0.05) is 11.8 Å². The predicted octanol–water partition coefficient (Wildman–Crippen LogP) is 2.69. The van der Waals surface area contributed by atoms with Crippen LogP contribution in [0.2, 0.25) is 0 Å². The van der Waals surface area contributed by atoms with Gasteiger partial charge in [-0.25, -0.2) is 9.37 Å². The molecule has 0 unspecified atom stereocenters. The molecule has 0 saturated heterocycles. The van der Waals surface area contributed by atoms with Crippen molar-refractivity contribution in [3.8, 4) is 11.4 Å². The minimum Gasteiger partial charge on any atom is -0.337 e. The summed E-state index contributed by atoms with van der Waals surface area (Å²) in [5, 5.41) is 9.45. The lowest BCUT2D eigenvalue weighted by molar-refractivity contribution is 0.233. The van der Waals surface area contributed by atoms with E-state index in [1.54, 1.807) is 30.1 Å². The highest BCUT2D eigenvalue weighted by molar-refractivity contribution is 7.99. The van der Waals surface area contributed by atoms with Crippen molar-refractivity contribution in [2.45, 2.75) is 24.8 Å². The van der Waals surface area contributed by atoms with Crippen LogP contribution in [0.4, 0.5) is 4.39 Å². The second-order valence-corrected chi connectivity index (χ2v) is 6.62. The zero-order valence-electron chi connectivity index (χ0n) is 13.0. The van der Waals surface area contributed by atoms with Crippen molar-refractivity contribution in [1.82, 2.24) is 29.2 Å². The Hall–Kier alpha value is -2.19. The van der Waals surface area contributed by atoms with Crippen molar-refractivity contribution in [3.05, 3.63) is 48.8 Å². The highest BCUT2D eigenvalue weighted by Gasteiger charge is 2.22. The Morgan fingerprint density at radius 1 is 1.12 bits per heavy atom. The number of nitrogens with zero attached hydrogens (tertiary/aromatic N) is 6. The summed E-state index contributed by atoms with van der Waals surface area (Å²) in [5.74, 6) is 1.45. The molecule has 1 aliphatic heterocycles. The molecule has 124 valence electrons. The van der Waals surface area contributed by atoms with Gasteiger partial charge in [0.05, 0.1) is 18.9 Å². The van der Waals surface area contributed by atoms with Gasteiger partial charge in [-0.3, -0.25) is 9.47 Å². The van der Waals surface area contributed by atoms with Crippen LogP contribution in [0, 0.1) is 5.82 Å². The molecule has 0 fully saturated rings. The van der Waals surface area contributed by atoms with Crippen molar-refractivity contribution in [2.24, 2.45) is 0 Å². The molecule has 1 aromatic carbocycles. The van der Waals surface area contributed by atoms with Crippen molar-refractivity contribution in [1.29, 1.82) is 0 Å². The van der Waals surface area contributed by atoms with E-state index >= 15 is 0 Å². The Morgan fingerprint density at radius 3 is 2.79 bits per heavy atom. The van der Waals surface area contributed by atoms with Gasteiger partial charge in [0.15, 0.2) is 11.0 Å². The topological polar surface area (TPSA) is 51.8 Å². The zero-order valence-corrected chi connectivity index (χ0v) is 13.9. The van der Waals surface area contributed by atoms with E-state index in [-0.39, 0.29) is 5.82 Å². The summed E-state index contributed by atoms with van der Waals surface area (Å²) in [6, 6.07) is 6.40. The van der Waals surface area contributed by atoms with Gasteiger partial charge in [-0.05, 0) is 30.7 Å². The highest BCUT2D eigenvalue weighted by Crippen LogP contribution is 2.28. The van der Waals surface area contributed by atoms with Crippen molar-refractivity contribution in [3.63, 3.8) is 0 Å². The standard InChI is InChI=1S/C16H17FN6S/c17-14-4-2-13(3-5-14)15-19-20-16-23(15)11-22(12-24-16)8-1-7-21-9-6-18-10-21/h2-6,9-10H,1,7-8,11-12H2. The number of hydrogen-bond donors (Lipinski definition) is 0. The molecule has 0 amide bonds. The molecule has 4 rings (SSSR count). The van der Waals surface area contributed by atoms with Gasteiger partial charge >= 0.3 is 0 Å². The molecule has 3 heterocycles. The van der Waals surface area contributed by atoms with Crippen LogP contribution < -0.4 is 0 Å². The monoisotopic (exact) mass is 344 g/mol. The third-order valence-electron chi connectivity index (χ3n) is 3.99. The average Bonchev–Trinajstić information content (AvgIpc) is 3.25. The van der Waals surface area contributed by atoms with E-state index in [1.807, 2.05) is 12.5 Å². The van der Waals surface area contributed by atoms with Crippen molar-refractivity contribution >= 4 is 11.8 Å². The summed E-state index contributed by atoms with van der Waals surface area (Å²) in [7, 11) is 0. The van der Waals surface area contributed by atoms with Crippen LogP contribution in [0.25, 0.3) is 11.4 Å². The highest BCUT2D eigenvalue weighted by atomic mass is 32.2. The summed E-state index contributed by atoms with van der Waals surface area (Å²) in [5.41, 5.74) is 0.885. The number of rotatable bonds is 5. The van der Waals surface area contributed by atoms with Crippen LogP contribution in [-0.2, 0) is 13.2 Å². The van der Waals surface area contributed by atoms with Crippen molar-refractivity contribution < 1.29 is 4.39 Å². The Kier molecular flexibility index (Phi) is 4.31. The molecular formula is C16H17FN6S. The van der Waals surface area contributed by atoms with E-state index in [0.29, 0.717) is 0 Å². The van der Waals surface area contributed by atoms with E-state index in [9.17, 15) is 4.39 Å². The minimum absolute atomic E-state index is 0.243. The fourth-order valence-electron chi connectivity index (χ4n) is 2.76. The molecule has 0 spiro atoms. The molecule has 8 heteroatoms. The summed E-state index contributed by atoms with van der Waals surface area (Å²) in [6.07, 6.45) is 6.68. The van der Waals surface area contributed by atoms with Crippen LogP contribution in [0.3, 0.4) is 0 Å². The third-order valence-corrected chi connectivity index (χ3v) is 5.04. The third kappa shape index (κ3) is 3.20. The number of aromatic nitrogens is 5. The van der Waals surface area contributed by atoms with E-state index in [4.69, 9.17) is 0 Å². The molecule has 0 atom stereocenters. The maximum absolute atomic E-state index is 13.1. The Bertz CT molecular complexity index is 799. The lowest BCUT2D eigenvalue weighted by atomic mass is 10.2. The van der Waals surface area contributed by atoms with Gasteiger partial charge in [0.2, 0.25) is 0 Å². The Morgan fingerprint density at radius 2 is 2.00 bits per heavy atom. The second-order valence-electron chi connectivity index (χ2n) is 5.70. The second kappa shape index (κ2) is 6.74. The first-order valence-corrected chi connectivity index (χ1v) is 8.78. The molecular weight excluding hydrogens is 327 g/mol. The van der Waals surface area contributed by atoms with Crippen LogP contribution in [0.15, 0.2) is 48.1 Å². The van der Waals surface area contributed by atoms with Gasteiger partial charge < -0.3 is 4.57 Å². The van der Waals surface area contributed by atoms with E-state index < -0.39 is 0 Å². The molecule has 0 bridgehead atoms. The minimum atomic E-state index is -0.243. The number of hydrogen-bond acceptors (Lipinski definition) is 5. The lowest BCUT2D eigenvalue weighted by Crippen LogP contribution is -2.32. The van der Waals surface area contributed by atoms with Crippen molar-refractivity contribution in [2.75, 3.05) is 12.4 Å². The van der Waals surface area contributed by atoms with E-state index in [0.717, 1.165) is 48.6 Å². The largest absolute Gasteiger partial charge is 0.337 e. The lowest BCUT2D eigenvalue weighted by Gasteiger charge is -2.27. The van der Waals surface area contributed by atoms with Crippen LogP contribution >= 0.6 is 11.8 Å². The Labute approximate surface area is 143 Å². The molecule has 1 aliphatic rings. The molecule has 0 saturated carbocycles. The maximum Gasteiger partial charge on any atom is 0.193 e. The van der Waals surface area contributed by atoms with Crippen LogP contribution in [-0.4, -0.2) is 41.6 Å². The first-order chi connectivity index (χ1) is 11.8. The number of benzene rings is 1. The molecule has 24 heavy (non-hydrogen) atoms. The van der Waals surface area contributed by atoms with E-state index in [1.165, 1.54) is 12.1 Å². The molecule has 0 radical (unpaired) electrons. The number of halogens is 1. The first kappa shape index (κ1) is 15.3.